The van der Waals surface area contributed by atoms with Crippen LogP contribution in [-0.4, -0.2) is 41.4 Å². The summed E-state index contributed by atoms with van der Waals surface area (Å²) in [5.41, 5.74) is 0.766. The van der Waals surface area contributed by atoms with Gasteiger partial charge in [0.15, 0.2) is 0 Å². The maximum atomic E-state index is 12.1. The van der Waals surface area contributed by atoms with E-state index in [0.717, 1.165) is 10.6 Å². The van der Waals surface area contributed by atoms with Crippen LogP contribution in [0.4, 0.5) is 10.5 Å². The molecular weight excluding hydrogens is 276 g/mol. The number of thioether (sulfide) groups is 1. The Balaban J connectivity index is 1.91. The standard InChI is InChI=1S/C14H18N2O3S/c1-20-12-4-2-3-11(9-12)15-14(19)16-7-5-10(6-8-16)13(17)18/h2-4,9-10H,5-8H2,1H3,(H,15,19)(H,17,18). The monoisotopic (exact) mass is 294 g/mol. The largest absolute Gasteiger partial charge is 0.481 e. The van der Waals surface area contributed by atoms with Crippen LogP contribution in [0.2, 0.25) is 0 Å². The molecule has 5 nitrogen and oxygen atoms in total. The lowest BCUT2D eigenvalue weighted by Gasteiger charge is -2.30. The highest BCUT2D eigenvalue weighted by molar-refractivity contribution is 7.98. The SMILES string of the molecule is CSc1cccc(NC(=O)N2CCC(C(=O)O)CC2)c1. The lowest BCUT2D eigenvalue weighted by Crippen LogP contribution is -2.42. The third kappa shape index (κ3) is 3.66. The summed E-state index contributed by atoms with van der Waals surface area (Å²) in [6.45, 7) is 0.982. The third-order valence-corrected chi connectivity index (χ3v) is 4.18. The fourth-order valence-electron chi connectivity index (χ4n) is 2.23. The number of piperidine rings is 1. The molecular formula is C14H18N2O3S. The van der Waals surface area contributed by atoms with Gasteiger partial charge in [-0.1, -0.05) is 6.07 Å². The number of carbonyl (C=O) groups excluding carboxylic acids is 1. The van der Waals surface area contributed by atoms with Gasteiger partial charge in [-0.15, -0.1) is 11.8 Å². The summed E-state index contributed by atoms with van der Waals surface area (Å²) < 4.78 is 0. The molecule has 0 saturated carbocycles. The summed E-state index contributed by atoms with van der Waals surface area (Å²) in [7, 11) is 0. The van der Waals surface area contributed by atoms with E-state index < -0.39 is 5.97 Å². The van der Waals surface area contributed by atoms with Gasteiger partial charge in [0.2, 0.25) is 0 Å². The number of rotatable bonds is 3. The van der Waals surface area contributed by atoms with Crippen molar-refractivity contribution in [1.29, 1.82) is 0 Å². The smallest absolute Gasteiger partial charge is 0.321 e. The topological polar surface area (TPSA) is 69.6 Å². The molecule has 0 radical (unpaired) electrons. The van der Waals surface area contributed by atoms with Crippen LogP contribution < -0.4 is 5.32 Å². The highest BCUT2D eigenvalue weighted by Gasteiger charge is 2.26. The fourth-order valence-corrected chi connectivity index (χ4v) is 2.69. The average molecular weight is 294 g/mol. The molecule has 0 aromatic heterocycles. The molecule has 2 amide bonds. The van der Waals surface area contributed by atoms with Gasteiger partial charge in [-0.25, -0.2) is 4.79 Å². The molecule has 1 saturated heterocycles. The normalized spacial score (nSPS) is 15.9. The summed E-state index contributed by atoms with van der Waals surface area (Å²) >= 11 is 1.62. The van der Waals surface area contributed by atoms with Crippen molar-refractivity contribution in [1.82, 2.24) is 4.90 Å². The Hall–Kier alpha value is -1.69. The van der Waals surface area contributed by atoms with E-state index in [1.54, 1.807) is 16.7 Å². The Kier molecular flexibility index (Phi) is 4.89. The number of urea groups is 1. The molecule has 1 aliphatic rings. The van der Waals surface area contributed by atoms with Gasteiger partial charge >= 0.3 is 12.0 Å². The molecule has 0 bridgehead atoms. The van der Waals surface area contributed by atoms with E-state index in [4.69, 9.17) is 5.11 Å². The van der Waals surface area contributed by atoms with Crippen molar-refractivity contribution in [2.45, 2.75) is 17.7 Å². The molecule has 1 aliphatic heterocycles. The first-order valence-corrected chi connectivity index (χ1v) is 7.75. The molecule has 1 aromatic carbocycles. The maximum Gasteiger partial charge on any atom is 0.321 e. The molecule has 108 valence electrons. The van der Waals surface area contributed by atoms with E-state index in [2.05, 4.69) is 5.32 Å². The second-order valence-electron chi connectivity index (χ2n) is 4.76. The molecule has 2 rings (SSSR count). The van der Waals surface area contributed by atoms with Crippen molar-refractivity contribution in [2.75, 3.05) is 24.7 Å². The van der Waals surface area contributed by atoms with Crippen LogP contribution in [0.5, 0.6) is 0 Å². The van der Waals surface area contributed by atoms with E-state index in [0.29, 0.717) is 25.9 Å². The quantitative estimate of drug-likeness (QED) is 0.841. The maximum absolute atomic E-state index is 12.1. The van der Waals surface area contributed by atoms with E-state index in [1.807, 2.05) is 30.5 Å². The van der Waals surface area contributed by atoms with Crippen LogP contribution in [-0.2, 0) is 4.79 Å². The Morgan fingerprint density at radius 2 is 2.05 bits per heavy atom. The number of nitrogens with zero attached hydrogens (tertiary/aromatic N) is 1. The molecule has 0 aliphatic carbocycles. The van der Waals surface area contributed by atoms with Crippen molar-refractivity contribution >= 4 is 29.4 Å². The molecule has 1 fully saturated rings. The van der Waals surface area contributed by atoms with Crippen molar-refractivity contribution in [3.8, 4) is 0 Å². The third-order valence-electron chi connectivity index (χ3n) is 3.45. The number of aliphatic carboxylic acids is 1. The van der Waals surface area contributed by atoms with Gasteiger partial charge in [-0.2, -0.15) is 0 Å². The molecule has 0 unspecified atom stereocenters. The Labute approximate surface area is 122 Å². The zero-order chi connectivity index (χ0) is 14.5. The minimum atomic E-state index is -0.766. The van der Waals surface area contributed by atoms with Crippen molar-refractivity contribution < 1.29 is 14.7 Å². The van der Waals surface area contributed by atoms with Crippen LogP contribution in [0, 0.1) is 5.92 Å². The molecule has 1 aromatic rings. The number of nitrogens with one attached hydrogen (secondary N) is 1. The van der Waals surface area contributed by atoms with Gasteiger partial charge in [0, 0.05) is 23.7 Å². The Morgan fingerprint density at radius 1 is 1.35 bits per heavy atom. The van der Waals surface area contributed by atoms with Gasteiger partial charge in [0.05, 0.1) is 5.92 Å². The number of benzene rings is 1. The summed E-state index contributed by atoms with van der Waals surface area (Å²) in [6, 6.07) is 7.50. The number of carboxylic acids is 1. The van der Waals surface area contributed by atoms with Crippen LogP contribution in [0.15, 0.2) is 29.2 Å². The van der Waals surface area contributed by atoms with E-state index in [9.17, 15) is 9.59 Å². The van der Waals surface area contributed by atoms with E-state index in [1.165, 1.54) is 0 Å². The van der Waals surface area contributed by atoms with Gasteiger partial charge in [-0.3, -0.25) is 4.79 Å². The minimum Gasteiger partial charge on any atom is -0.481 e. The number of likely N-dealkylation sites (tertiary alicyclic amines) is 1. The predicted octanol–water partition coefficient (Wildman–Crippen LogP) is 2.74. The zero-order valence-corrected chi connectivity index (χ0v) is 12.2. The fraction of sp³-hybridized carbons (Fsp3) is 0.429. The summed E-state index contributed by atoms with van der Waals surface area (Å²) in [6.07, 6.45) is 3.03. The number of amides is 2. The molecule has 1 heterocycles. The van der Waals surface area contributed by atoms with Crippen LogP contribution in [0.1, 0.15) is 12.8 Å². The number of carbonyl (C=O) groups is 2. The number of carboxylic acid groups (broad SMARTS) is 1. The minimum absolute atomic E-state index is 0.160. The van der Waals surface area contributed by atoms with Crippen molar-refractivity contribution in [3.63, 3.8) is 0 Å². The van der Waals surface area contributed by atoms with E-state index >= 15 is 0 Å². The second-order valence-corrected chi connectivity index (χ2v) is 5.64. The molecule has 0 spiro atoms. The Morgan fingerprint density at radius 3 is 2.65 bits per heavy atom. The van der Waals surface area contributed by atoms with Crippen LogP contribution >= 0.6 is 11.8 Å². The lowest BCUT2D eigenvalue weighted by atomic mass is 9.97. The van der Waals surface area contributed by atoms with Crippen LogP contribution in [0.3, 0.4) is 0 Å². The van der Waals surface area contributed by atoms with Gasteiger partial charge in [0.1, 0.15) is 0 Å². The highest BCUT2D eigenvalue weighted by Crippen LogP contribution is 2.21. The van der Waals surface area contributed by atoms with Crippen molar-refractivity contribution in [2.24, 2.45) is 5.92 Å². The van der Waals surface area contributed by atoms with E-state index in [-0.39, 0.29) is 11.9 Å². The van der Waals surface area contributed by atoms with Gasteiger partial charge in [0.25, 0.3) is 0 Å². The second kappa shape index (κ2) is 6.65. The summed E-state index contributed by atoms with van der Waals surface area (Å²) in [4.78, 5) is 25.7. The zero-order valence-electron chi connectivity index (χ0n) is 11.3. The highest BCUT2D eigenvalue weighted by atomic mass is 32.2. The van der Waals surface area contributed by atoms with Crippen LogP contribution in [0.25, 0.3) is 0 Å². The molecule has 2 N–H and O–H groups in total. The van der Waals surface area contributed by atoms with Gasteiger partial charge < -0.3 is 15.3 Å². The first kappa shape index (κ1) is 14.7. The lowest BCUT2D eigenvalue weighted by molar-refractivity contribution is -0.143. The average Bonchev–Trinajstić information content (AvgIpc) is 2.47. The number of hydrogen-bond donors (Lipinski definition) is 2. The number of hydrogen-bond acceptors (Lipinski definition) is 3. The summed E-state index contributed by atoms with van der Waals surface area (Å²) in [5, 5.41) is 11.8. The molecule has 0 atom stereocenters. The first-order chi connectivity index (χ1) is 9.60. The molecule has 20 heavy (non-hydrogen) atoms. The molecule has 6 heteroatoms. The van der Waals surface area contributed by atoms with Gasteiger partial charge in [-0.05, 0) is 37.3 Å². The first-order valence-electron chi connectivity index (χ1n) is 6.53. The summed E-state index contributed by atoms with van der Waals surface area (Å²) in [5.74, 6) is -1.09. The number of anilines is 1. The Bertz CT molecular complexity index is 499. The predicted molar refractivity (Wildman–Crippen MR) is 79.2 cm³/mol. The van der Waals surface area contributed by atoms with Crippen molar-refractivity contribution in [3.05, 3.63) is 24.3 Å².